The molecule has 134 valence electrons. The van der Waals surface area contributed by atoms with Crippen LogP contribution >= 0.6 is 15.9 Å². The minimum absolute atomic E-state index is 0.00266. The van der Waals surface area contributed by atoms with Gasteiger partial charge in [-0.15, -0.1) is 0 Å². The van der Waals surface area contributed by atoms with Gasteiger partial charge in [-0.05, 0) is 37.0 Å². The summed E-state index contributed by atoms with van der Waals surface area (Å²) in [7, 11) is -3.14. The second-order valence-electron chi connectivity index (χ2n) is 6.78. The number of aryl methyl sites for hydroxylation is 1. The Hall–Kier alpha value is -1.46. The maximum absolute atomic E-state index is 12.6. The third-order valence-electron chi connectivity index (χ3n) is 3.98. The number of rotatable bonds is 7. The van der Waals surface area contributed by atoms with E-state index in [1.54, 1.807) is 30.3 Å². The zero-order valence-electron chi connectivity index (χ0n) is 14.8. The van der Waals surface area contributed by atoms with E-state index in [0.717, 1.165) is 5.56 Å². The molecule has 0 aromatic heterocycles. The quantitative estimate of drug-likeness (QED) is 0.593. The maximum atomic E-state index is 12.6. The first kappa shape index (κ1) is 19.9. The Labute approximate surface area is 158 Å². The predicted octanol–water partition coefficient (Wildman–Crippen LogP) is 4.95. The zero-order chi connectivity index (χ0) is 18.6. The first-order valence-corrected chi connectivity index (χ1v) is 10.9. The van der Waals surface area contributed by atoms with Crippen LogP contribution in [0.2, 0.25) is 0 Å². The van der Waals surface area contributed by atoms with E-state index in [0.29, 0.717) is 33.5 Å². The van der Waals surface area contributed by atoms with E-state index in [-0.39, 0.29) is 17.3 Å². The van der Waals surface area contributed by atoms with Crippen LogP contribution in [0.3, 0.4) is 0 Å². The van der Waals surface area contributed by atoms with Gasteiger partial charge in [-0.3, -0.25) is 4.79 Å². The van der Waals surface area contributed by atoms with Crippen LogP contribution in [0, 0.1) is 12.8 Å². The Balaban J connectivity index is 2.17. The van der Waals surface area contributed by atoms with Crippen LogP contribution in [-0.2, 0) is 15.6 Å². The van der Waals surface area contributed by atoms with Gasteiger partial charge in [0.05, 0.1) is 11.5 Å². The number of carbonyl (C=O) groups excluding carboxylic acids is 1. The summed E-state index contributed by atoms with van der Waals surface area (Å²) in [5.74, 6) is 0.459. The fraction of sp³-hybridized carbons (Fsp3) is 0.350. The monoisotopic (exact) mass is 422 g/mol. The summed E-state index contributed by atoms with van der Waals surface area (Å²) in [4.78, 5) is 12.6. The Morgan fingerprint density at radius 2 is 1.72 bits per heavy atom. The lowest BCUT2D eigenvalue weighted by Crippen LogP contribution is -2.11. The van der Waals surface area contributed by atoms with Gasteiger partial charge in [0.1, 0.15) is 0 Å². The highest BCUT2D eigenvalue weighted by molar-refractivity contribution is 9.10. The summed E-state index contributed by atoms with van der Waals surface area (Å²) in [5, 5.41) is 0. The largest absolute Gasteiger partial charge is 0.289 e. The molecule has 0 saturated heterocycles. The summed E-state index contributed by atoms with van der Waals surface area (Å²) in [5.41, 5.74) is 2.93. The number of halogens is 1. The van der Waals surface area contributed by atoms with Crippen molar-refractivity contribution in [2.75, 3.05) is 5.75 Å². The third kappa shape index (κ3) is 5.79. The molecule has 5 heteroatoms. The fourth-order valence-electron chi connectivity index (χ4n) is 2.43. The van der Waals surface area contributed by atoms with Crippen LogP contribution in [-0.4, -0.2) is 20.0 Å². The van der Waals surface area contributed by atoms with Gasteiger partial charge < -0.3 is 0 Å². The molecule has 0 aliphatic carbocycles. The van der Waals surface area contributed by atoms with E-state index in [9.17, 15) is 13.2 Å². The standard InChI is InChI=1S/C20H23BrO3S/c1-14(2)10-11-25(23,24)13-16-6-9-18(19(21)12-16)20(22)17-7-4-15(3)5-8-17/h4-9,12,14H,10-11,13H2,1-3H3. The molecular formula is C20H23BrO3S. The van der Waals surface area contributed by atoms with E-state index in [1.807, 2.05) is 32.9 Å². The SMILES string of the molecule is Cc1ccc(C(=O)c2ccc(CS(=O)(=O)CCC(C)C)cc2Br)cc1. The van der Waals surface area contributed by atoms with Crippen molar-refractivity contribution in [3.05, 3.63) is 69.2 Å². The second-order valence-corrected chi connectivity index (χ2v) is 9.82. The fourth-order valence-corrected chi connectivity index (χ4v) is 4.70. The third-order valence-corrected chi connectivity index (χ3v) is 6.27. The number of carbonyl (C=O) groups is 1. The zero-order valence-corrected chi connectivity index (χ0v) is 17.2. The van der Waals surface area contributed by atoms with E-state index < -0.39 is 9.84 Å². The van der Waals surface area contributed by atoms with Crippen molar-refractivity contribution in [3.63, 3.8) is 0 Å². The summed E-state index contributed by atoms with van der Waals surface area (Å²) in [6.07, 6.45) is 0.660. The molecule has 0 N–H and O–H groups in total. The van der Waals surface area contributed by atoms with Crippen LogP contribution in [0.4, 0.5) is 0 Å². The maximum Gasteiger partial charge on any atom is 0.194 e. The van der Waals surface area contributed by atoms with E-state index >= 15 is 0 Å². The molecule has 0 atom stereocenters. The molecule has 0 bridgehead atoms. The Bertz CT molecular complexity index is 853. The molecule has 0 saturated carbocycles. The molecular weight excluding hydrogens is 400 g/mol. The van der Waals surface area contributed by atoms with Crippen LogP contribution in [0.5, 0.6) is 0 Å². The minimum Gasteiger partial charge on any atom is -0.289 e. The van der Waals surface area contributed by atoms with Gasteiger partial charge in [-0.25, -0.2) is 8.42 Å². The highest BCUT2D eigenvalue weighted by Crippen LogP contribution is 2.23. The van der Waals surface area contributed by atoms with Crippen molar-refractivity contribution in [1.29, 1.82) is 0 Å². The topological polar surface area (TPSA) is 51.2 Å². The predicted molar refractivity (Wildman–Crippen MR) is 106 cm³/mol. The van der Waals surface area contributed by atoms with Crippen LogP contribution in [0.25, 0.3) is 0 Å². The summed E-state index contributed by atoms with van der Waals surface area (Å²) < 4.78 is 25.0. The number of hydrogen-bond acceptors (Lipinski definition) is 3. The first-order chi connectivity index (χ1) is 11.7. The van der Waals surface area contributed by atoms with Gasteiger partial charge in [0.2, 0.25) is 0 Å². The van der Waals surface area contributed by atoms with Crippen molar-refractivity contribution in [2.24, 2.45) is 5.92 Å². The van der Waals surface area contributed by atoms with Gasteiger partial charge in [0.25, 0.3) is 0 Å². The highest BCUT2D eigenvalue weighted by Gasteiger charge is 2.16. The number of benzene rings is 2. The Morgan fingerprint density at radius 1 is 1.08 bits per heavy atom. The Morgan fingerprint density at radius 3 is 2.28 bits per heavy atom. The molecule has 2 rings (SSSR count). The molecule has 0 radical (unpaired) electrons. The molecule has 0 heterocycles. The van der Waals surface area contributed by atoms with Crippen molar-refractivity contribution in [1.82, 2.24) is 0 Å². The summed E-state index contributed by atoms with van der Waals surface area (Å²) in [6.45, 7) is 5.99. The van der Waals surface area contributed by atoms with Crippen molar-refractivity contribution >= 4 is 31.6 Å². The lowest BCUT2D eigenvalue weighted by atomic mass is 10.0. The van der Waals surface area contributed by atoms with E-state index in [2.05, 4.69) is 15.9 Å². The Kier molecular flexibility index (Phi) is 6.58. The second kappa shape index (κ2) is 8.28. The molecule has 0 fully saturated rings. The summed E-state index contributed by atoms with van der Waals surface area (Å²) >= 11 is 3.41. The average molecular weight is 423 g/mol. The first-order valence-electron chi connectivity index (χ1n) is 8.28. The lowest BCUT2D eigenvalue weighted by molar-refractivity contribution is 0.103. The molecule has 2 aromatic carbocycles. The average Bonchev–Trinajstić information content (AvgIpc) is 2.53. The molecule has 0 spiro atoms. The van der Waals surface area contributed by atoms with E-state index in [1.165, 1.54) is 0 Å². The molecule has 25 heavy (non-hydrogen) atoms. The van der Waals surface area contributed by atoms with Crippen molar-refractivity contribution in [2.45, 2.75) is 32.9 Å². The van der Waals surface area contributed by atoms with Crippen LogP contribution < -0.4 is 0 Å². The van der Waals surface area contributed by atoms with Crippen molar-refractivity contribution < 1.29 is 13.2 Å². The molecule has 0 amide bonds. The van der Waals surface area contributed by atoms with Gasteiger partial charge in [0, 0.05) is 15.6 Å². The number of sulfone groups is 1. The minimum atomic E-state index is -3.14. The highest BCUT2D eigenvalue weighted by atomic mass is 79.9. The number of hydrogen-bond donors (Lipinski definition) is 0. The van der Waals surface area contributed by atoms with Gasteiger partial charge in [-0.1, -0.05) is 65.7 Å². The van der Waals surface area contributed by atoms with Crippen LogP contribution in [0.1, 0.15) is 47.3 Å². The van der Waals surface area contributed by atoms with Gasteiger partial charge in [0.15, 0.2) is 15.6 Å². The molecule has 0 aliphatic heterocycles. The molecule has 0 aliphatic rings. The molecule has 0 unspecified atom stereocenters. The van der Waals surface area contributed by atoms with Crippen molar-refractivity contribution in [3.8, 4) is 0 Å². The lowest BCUT2D eigenvalue weighted by Gasteiger charge is -2.09. The van der Waals surface area contributed by atoms with E-state index in [4.69, 9.17) is 0 Å². The summed E-state index contributed by atoms with van der Waals surface area (Å²) in [6, 6.07) is 12.5. The normalized spacial score (nSPS) is 11.7. The molecule has 3 nitrogen and oxygen atoms in total. The number of ketones is 1. The van der Waals surface area contributed by atoms with Gasteiger partial charge in [-0.2, -0.15) is 0 Å². The molecule has 2 aromatic rings. The van der Waals surface area contributed by atoms with Crippen LogP contribution in [0.15, 0.2) is 46.9 Å². The van der Waals surface area contributed by atoms with Gasteiger partial charge >= 0.3 is 0 Å². The smallest absolute Gasteiger partial charge is 0.194 e.